The zero-order valence-corrected chi connectivity index (χ0v) is 13.0. The summed E-state index contributed by atoms with van der Waals surface area (Å²) in [6.07, 6.45) is -2.34. The molecule has 0 bridgehead atoms. The van der Waals surface area contributed by atoms with Crippen LogP contribution in [0, 0.1) is 16.0 Å². The Morgan fingerprint density at radius 1 is 1.35 bits per heavy atom. The summed E-state index contributed by atoms with van der Waals surface area (Å²) < 4.78 is 39.7. The number of hydrogen-bond donors (Lipinski definition) is 0. The maximum atomic E-state index is 13.2. The summed E-state index contributed by atoms with van der Waals surface area (Å²) in [4.78, 5) is 12.1. The Morgan fingerprint density at radius 2 is 2.04 bits per heavy atom. The van der Waals surface area contributed by atoms with Crippen molar-refractivity contribution >= 4 is 11.3 Å². The van der Waals surface area contributed by atoms with Crippen LogP contribution in [0.5, 0.6) is 0 Å². The first-order valence-electron chi connectivity index (χ1n) is 7.25. The molecule has 1 aliphatic heterocycles. The average Bonchev–Trinajstić information content (AvgIpc) is 2.46. The molecular formula is C16H18F3N2O2. The highest BCUT2D eigenvalue weighted by Crippen LogP contribution is 2.38. The van der Waals surface area contributed by atoms with E-state index in [2.05, 4.69) is 4.90 Å². The van der Waals surface area contributed by atoms with Crippen LogP contribution in [0.2, 0.25) is 0 Å². The average molecular weight is 327 g/mol. The number of nitrogens with zero attached hydrogens (tertiary/aromatic N) is 2. The molecule has 23 heavy (non-hydrogen) atoms. The van der Waals surface area contributed by atoms with Gasteiger partial charge in [-0.15, -0.1) is 0 Å². The maximum absolute atomic E-state index is 13.2. The Bertz CT molecular complexity index is 624. The van der Waals surface area contributed by atoms with Crippen molar-refractivity contribution in [1.82, 2.24) is 4.90 Å². The second-order valence-electron chi connectivity index (χ2n) is 5.91. The van der Waals surface area contributed by atoms with Gasteiger partial charge in [-0.3, -0.25) is 15.0 Å². The molecule has 1 aromatic carbocycles. The van der Waals surface area contributed by atoms with E-state index < -0.39 is 22.4 Å². The van der Waals surface area contributed by atoms with Crippen LogP contribution >= 0.6 is 0 Å². The van der Waals surface area contributed by atoms with Gasteiger partial charge in [0.15, 0.2) is 0 Å². The fraction of sp³-hybridized carbons (Fsp3) is 0.438. The lowest BCUT2D eigenvalue weighted by molar-refractivity contribution is -0.385. The predicted octanol–water partition coefficient (Wildman–Crippen LogP) is 4.32. The molecule has 0 unspecified atom stereocenters. The highest BCUT2D eigenvalue weighted by Gasteiger charge is 2.36. The molecule has 1 heterocycles. The van der Waals surface area contributed by atoms with Crippen LogP contribution in [-0.4, -0.2) is 29.5 Å². The van der Waals surface area contributed by atoms with Gasteiger partial charge in [-0.25, -0.2) is 0 Å². The van der Waals surface area contributed by atoms with Gasteiger partial charge in [0.2, 0.25) is 0 Å². The number of rotatable bonds is 4. The number of halogens is 3. The van der Waals surface area contributed by atoms with Gasteiger partial charge in [0.05, 0.1) is 10.5 Å². The first kappa shape index (κ1) is 17.5. The zero-order valence-electron chi connectivity index (χ0n) is 13.0. The SMILES string of the molecule is C[C](C)CN1CC=C(c2ccc([N+](=O)[O-])cc2C(F)(F)F)CC1. The summed E-state index contributed by atoms with van der Waals surface area (Å²) in [7, 11) is 0. The molecule has 0 saturated carbocycles. The lowest BCUT2D eigenvalue weighted by Gasteiger charge is -2.28. The van der Waals surface area contributed by atoms with Crippen molar-refractivity contribution in [3.8, 4) is 0 Å². The van der Waals surface area contributed by atoms with Crippen LogP contribution < -0.4 is 0 Å². The Balaban J connectivity index is 2.33. The Hall–Kier alpha value is -1.89. The van der Waals surface area contributed by atoms with Crippen LogP contribution in [0.1, 0.15) is 31.4 Å². The highest BCUT2D eigenvalue weighted by molar-refractivity contribution is 5.71. The van der Waals surface area contributed by atoms with E-state index in [4.69, 9.17) is 0 Å². The van der Waals surface area contributed by atoms with Crippen LogP contribution in [0.25, 0.3) is 5.57 Å². The summed E-state index contributed by atoms with van der Waals surface area (Å²) in [5.74, 6) is 1.24. The van der Waals surface area contributed by atoms with Gasteiger partial charge in [0, 0.05) is 31.8 Å². The number of nitro groups is 1. The second-order valence-corrected chi connectivity index (χ2v) is 5.91. The van der Waals surface area contributed by atoms with Gasteiger partial charge in [-0.2, -0.15) is 13.2 Å². The van der Waals surface area contributed by atoms with Gasteiger partial charge in [-0.1, -0.05) is 19.9 Å². The standard InChI is InChI=1S/C16H18F3N2O2/c1-11(2)10-20-7-5-12(6-8-20)14-4-3-13(21(22)23)9-15(14)16(17,18)19/h3-5,9H,6-8,10H2,1-2H3. The lowest BCUT2D eigenvalue weighted by Crippen LogP contribution is -2.31. The van der Waals surface area contributed by atoms with Gasteiger partial charge in [0.1, 0.15) is 0 Å². The second kappa shape index (κ2) is 6.70. The van der Waals surface area contributed by atoms with Crippen molar-refractivity contribution in [1.29, 1.82) is 0 Å². The van der Waals surface area contributed by atoms with Crippen molar-refractivity contribution in [3.05, 3.63) is 51.4 Å². The number of hydrogen-bond acceptors (Lipinski definition) is 3. The molecule has 1 radical (unpaired) electrons. The third kappa shape index (κ3) is 4.31. The molecule has 0 atom stereocenters. The fourth-order valence-corrected chi connectivity index (χ4v) is 2.71. The third-order valence-corrected chi connectivity index (χ3v) is 3.70. The van der Waals surface area contributed by atoms with Crippen molar-refractivity contribution in [2.24, 2.45) is 0 Å². The van der Waals surface area contributed by atoms with E-state index in [1.807, 2.05) is 13.8 Å². The molecule has 0 spiro atoms. The molecule has 0 saturated heterocycles. The summed E-state index contributed by atoms with van der Waals surface area (Å²) in [6.45, 7) is 6.09. The number of benzene rings is 1. The number of nitro benzene ring substituents is 1. The summed E-state index contributed by atoms with van der Waals surface area (Å²) >= 11 is 0. The van der Waals surface area contributed by atoms with Crippen LogP contribution in [0.4, 0.5) is 18.9 Å². The van der Waals surface area contributed by atoms with E-state index in [9.17, 15) is 23.3 Å². The molecule has 0 aliphatic carbocycles. The zero-order chi connectivity index (χ0) is 17.2. The smallest absolute Gasteiger partial charge is 0.299 e. The summed E-state index contributed by atoms with van der Waals surface area (Å²) in [6, 6.07) is 2.95. The van der Waals surface area contributed by atoms with E-state index in [0.717, 1.165) is 12.6 Å². The first-order chi connectivity index (χ1) is 10.7. The van der Waals surface area contributed by atoms with Gasteiger partial charge < -0.3 is 0 Å². The van der Waals surface area contributed by atoms with Crippen molar-refractivity contribution in [2.45, 2.75) is 26.4 Å². The highest BCUT2D eigenvalue weighted by atomic mass is 19.4. The number of alkyl halides is 3. The minimum Gasteiger partial charge on any atom is -0.299 e. The van der Waals surface area contributed by atoms with Crippen molar-refractivity contribution in [3.63, 3.8) is 0 Å². The van der Waals surface area contributed by atoms with Crippen molar-refractivity contribution in [2.75, 3.05) is 19.6 Å². The normalized spacial score (nSPS) is 16.5. The predicted molar refractivity (Wildman–Crippen MR) is 81.7 cm³/mol. The van der Waals surface area contributed by atoms with Gasteiger partial charge in [0.25, 0.3) is 5.69 Å². The molecule has 0 amide bonds. The lowest BCUT2D eigenvalue weighted by atomic mass is 9.94. The Morgan fingerprint density at radius 3 is 2.52 bits per heavy atom. The van der Waals surface area contributed by atoms with E-state index in [0.29, 0.717) is 31.1 Å². The fourth-order valence-electron chi connectivity index (χ4n) is 2.71. The van der Waals surface area contributed by atoms with E-state index in [1.54, 1.807) is 6.08 Å². The maximum Gasteiger partial charge on any atom is 0.417 e. The minimum absolute atomic E-state index is 0.0416. The molecule has 7 heteroatoms. The Labute approximate surface area is 132 Å². The molecule has 2 rings (SSSR count). The van der Waals surface area contributed by atoms with Gasteiger partial charge in [-0.05, 0) is 29.5 Å². The van der Waals surface area contributed by atoms with Gasteiger partial charge >= 0.3 is 6.18 Å². The molecule has 1 aliphatic rings. The summed E-state index contributed by atoms with van der Waals surface area (Å²) in [5, 5.41) is 10.7. The molecular weight excluding hydrogens is 309 g/mol. The van der Waals surface area contributed by atoms with Crippen LogP contribution in [0.15, 0.2) is 24.3 Å². The van der Waals surface area contributed by atoms with E-state index in [1.165, 1.54) is 12.0 Å². The van der Waals surface area contributed by atoms with E-state index >= 15 is 0 Å². The molecule has 0 N–H and O–H groups in total. The quantitative estimate of drug-likeness (QED) is 0.611. The third-order valence-electron chi connectivity index (χ3n) is 3.70. The van der Waals surface area contributed by atoms with Crippen LogP contribution in [-0.2, 0) is 6.18 Å². The molecule has 1 aromatic rings. The van der Waals surface area contributed by atoms with Crippen molar-refractivity contribution < 1.29 is 18.1 Å². The minimum atomic E-state index is -4.62. The first-order valence-corrected chi connectivity index (χ1v) is 7.25. The molecule has 0 fully saturated rings. The number of non-ortho nitro benzene ring substituents is 1. The van der Waals surface area contributed by atoms with E-state index in [-0.39, 0.29) is 5.56 Å². The van der Waals surface area contributed by atoms with Crippen LogP contribution in [0.3, 0.4) is 0 Å². The summed E-state index contributed by atoms with van der Waals surface area (Å²) in [5.41, 5.74) is -0.850. The monoisotopic (exact) mass is 327 g/mol. The molecule has 0 aromatic heterocycles. The largest absolute Gasteiger partial charge is 0.417 e. The molecule has 4 nitrogen and oxygen atoms in total. The Kier molecular flexibility index (Phi) is 5.09. The molecule has 125 valence electrons. The topological polar surface area (TPSA) is 46.4 Å².